The van der Waals surface area contributed by atoms with Crippen LogP contribution in [0.15, 0.2) is 78.9 Å². The van der Waals surface area contributed by atoms with Crippen molar-refractivity contribution in [3.8, 4) is 0 Å². The Morgan fingerprint density at radius 1 is 1.10 bits per heavy atom. The fraction of sp³-hybridized carbons (Fsp3) is 0.231. The quantitative estimate of drug-likeness (QED) is 0.335. The van der Waals surface area contributed by atoms with Crippen LogP contribution in [0.4, 0.5) is 0 Å². The summed E-state index contributed by atoms with van der Waals surface area (Å²) in [6.07, 6.45) is 8.84. The number of aromatic nitrogens is 1. The summed E-state index contributed by atoms with van der Waals surface area (Å²) in [6.45, 7) is 1.53. The number of nitrogens with zero attached hydrogens (tertiary/aromatic N) is 1. The third-order valence-electron chi connectivity index (χ3n) is 5.60. The Morgan fingerprint density at radius 2 is 1.90 bits per heavy atom. The van der Waals surface area contributed by atoms with Crippen molar-refractivity contribution in [3.05, 3.63) is 95.7 Å². The molecule has 1 N–H and O–H groups in total. The van der Waals surface area contributed by atoms with Crippen LogP contribution in [0.1, 0.15) is 29.3 Å². The summed E-state index contributed by atoms with van der Waals surface area (Å²) in [5.74, 6) is -0.0443. The Morgan fingerprint density at radius 3 is 2.74 bits per heavy atom. The summed E-state index contributed by atoms with van der Waals surface area (Å²) >= 11 is 0. The van der Waals surface area contributed by atoms with Gasteiger partial charge in [0.05, 0.1) is 19.3 Å². The number of carbonyl (C=O) groups is 2. The molecule has 1 amide bonds. The number of rotatable bonds is 8. The largest absolute Gasteiger partial charge is 0.373 e. The summed E-state index contributed by atoms with van der Waals surface area (Å²) < 4.78 is 5.65. The fourth-order valence-corrected chi connectivity index (χ4v) is 4.15. The molecule has 0 saturated heterocycles. The zero-order chi connectivity index (χ0) is 21.5. The maximum absolute atomic E-state index is 13.0. The highest BCUT2D eigenvalue weighted by molar-refractivity contribution is 5.90. The van der Waals surface area contributed by atoms with Gasteiger partial charge < -0.3 is 14.6 Å². The Kier molecular flexibility index (Phi) is 6.75. The highest BCUT2D eigenvalue weighted by Gasteiger charge is 2.31. The minimum Gasteiger partial charge on any atom is -0.373 e. The third kappa shape index (κ3) is 4.84. The number of para-hydroxylation sites is 1. The van der Waals surface area contributed by atoms with Crippen LogP contribution in [0.2, 0.25) is 0 Å². The Bertz CT molecular complexity index is 1100. The molecule has 3 aromatic rings. The van der Waals surface area contributed by atoms with E-state index in [0.717, 1.165) is 29.5 Å². The number of carbonyl (C=O) groups excluding carboxylic acids is 2. The molecule has 0 fully saturated rings. The fourth-order valence-electron chi connectivity index (χ4n) is 4.15. The first-order valence-electron chi connectivity index (χ1n) is 10.6. The van der Waals surface area contributed by atoms with Gasteiger partial charge in [0.2, 0.25) is 5.91 Å². The number of hydrogen-bond donors (Lipinski definition) is 1. The van der Waals surface area contributed by atoms with Crippen LogP contribution in [-0.4, -0.2) is 35.2 Å². The molecule has 31 heavy (non-hydrogen) atoms. The van der Waals surface area contributed by atoms with Crippen LogP contribution in [0.5, 0.6) is 0 Å². The minimum absolute atomic E-state index is 0.0443. The number of benzene rings is 2. The smallest absolute Gasteiger partial charge is 0.246 e. The second-order valence-corrected chi connectivity index (χ2v) is 7.56. The number of amides is 1. The highest BCUT2D eigenvalue weighted by Crippen LogP contribution is 2.36. The topological polar surface area (TPSA) is 62.4 Å². The average molecular weight is 415 g/mol. The summed E-state index contributed by atoms with van der Waals surface area (Å²) in [5, 5.41) is 1.21. The lowest BCUT2D eigenvalue weighted by molar-refractivity contribution is -0.128. The summed E-state index contributed by atoms with van der Waals surface area (Å²) in [7, 11) is 0. The summed E-state index contributed by atoms with van der Waals surface area (Å²) in [6, 6.07) is 18.0. The first-order valence-corrected chi connectivity index (χ1v) is 10.6. The van der Waals surface area contributed by atoms with Gasteiger partial charge in [-0.1, -0.05) is 60.7 Å². The molecule has 5 heteroatoms. The third-order valence-corrected chi connectivity index (χ3v) is 5.60. The Labute approximate surface area is 182 Å². The Hall–Kier alpha value is -3.44. The van der Waals surface area contributed by atoms with Gasteiger partial charge in [-0.05, 0) is 36.1 Å². The second kappa shape index (κ2) is 10.0. The Balaban J connectivity index is 1.46. The molecule has 4 rings (SSSR count). The molecule has 1 atom stereocenters. The average Bonchev–Trinajstić information content (AvgIpc) is 3.19. The SMILES string of the molecule is O=C/C=C/C[C@H]1c2[nH]c3ccccc3c2CCN1C(=O)/C=C/COCc1ccccc1. The molecule has 0 spiro atoms. The van der Waals surface area contributed by atoms with Gasteiger partial charge in [0.25, 0.3) is 0 Å². The van der Waals surface area contributed by atoms with Crippen LogP contribution < -0.4 is 0 Å². The normalized spacial score (nSPS) is 16.3. The van der Waals surface area contributed by atoms with E-state index in [4.69, 9.17) is 4.74 Å². The second-order valence-electron chi connectivity index (χ2n) is 7.56. The highest BCUT2D eigenvalue weighted by atomic mass is 16.5. The standard InChI is InChI=1S/C26H26N2O3/c29-17-7-6-13-24-26-22(21-11-4-5-12-23(21)27-26)15-16-28(24)25(30)14-8-18-31-19-20-9-2-1-3-10-20/h1-12,14,17,24,27H,13,15-16,18-19H2/b7-6+,14-8+/t24-/m0/s1. The van der Waals surface area contributed by atoms with Crippen molar-refractivity contribution in [1.82, 2.24) is 9.88 Å². The van der Waals surface area contributed by atoms with Crippen LogP contribution in [0.3, 0.4) is 0 Å². The van der Waals surface area contributed by atoms with Crippen molar-refractivity contribution in [2.45, 2.75) is 25.5 Å². The zero-order valence-electron chi connectivity index (χ0n) is 17.4. The molecule has 0 aliphatic carbocycles. The van der Waals surface area contributed by atoms with Gasteiger partial charge in [-0.3, -0.25) is 9.59 Å². The van der Waals surface area contributed by atoms with Crippen molar-refractivity contribution in [3.63, 3.8) is 0 Å². The molecule has 1 aliphatic rings. The van der Waals surface area contributed by atoms with Gasteiger partial charge in [0.1, 0.15) is 6.29 Å². The van der Waals surface area contributed by atoms with E-state index >= 15 is 0 Å². The lowest BCUT2D eigenvalue weighted by Gasteiger charge is -2.34. The maximum Gasteiger partial charge on any atom is 0.246 e. The van der Waals surface area contributed by atoms with E-state index in [1.165, 1.54) is 17.0 Å². The van der Waals surface area contributed by atoms with Gasteiger partial charge >= 0.3 is 0 Å². The molecule has 5 nitrogen and oxygen atoms in total. The monoisotopic (exact) mass is 414 g/mol. The number of hydrogen-bond acceptors (Lipinski definition) is 3. The molecule has 0 radical (unpaired) electrons. The van der Waals surface area contributed by atoms with E-state index in [1.54, 1.807) is 12.2 Å². The number of ether oxygens (including phenoxy) is 1. The molecule has 158 valence electrons. The molecule has 1 aromatic heterocycles. The van der Waals surface area contributed by atoms with Crippen LogP contribution in [0.25, 0.3) is 10.9 Å². The number of aromatic amines is 1. The van der Waals surface area contributed by atoms with Gasteiger partial charge in [-0.25, -0.2) is 0 Å². The molecule has 0 saturated carbocycles. The minimum atomic E-state index is -0.130. The zero-order valence-corrected chi connectivity index (χ0v) is 17.4. The van der Waals surface area contributed by atoms with Crippen molar-refractivity contribution in [2.75, 3.05) is 13.2 Å². The van der Waals surface area contributed by atoms with Crippen LogP contribution in [-0.2, 0) is 27.4 Å². The molecule has 0 bridgehead atoms. The van der Waals surface area contributed by atoms with E-state index in [0.29, 0.717) is 26.2 Å². The number of allylic oxidation sites excluding steroid dienone is 1. The van der Waals surface area contributed by atoms with Gasteiger partial charge in [0, 0.05) is 29.2 Å². The number of nitrogens with one attached hydrogen (secondary N) is 1. The molecule has 2 heterocycles. The lowest BCUT2D eigenvalue weighted by Crippen LogP contribution is -2.39. The van der Waals surface area contributed by atoms with Crippen molar-refractivity contribution < 1.29 is 14.3 Å². The first-order chi connectivity index (χ1) is 15.3. The first kappa shape index (κ1) is 20.8. The van der Waals surface area contributed by atoms with E-state index in [1.807, 2.05) is 53.4 Å². The molecular weight excluding hydrogens is 388 g/mol. The van der Waals surface area contributed by atoms with Crippen molar-refractivity contribution >= 4 is 23.1 Å². The number of aldehydes is 1. The summed E-state index contributed by atoms with van der Waals surface area (Å²) in [5.41, 5.74) is 4.51. The molecular formula is C26H26N2O3. The number of fused-ring (bicyclic) bond motifs is 3. The predicted octanol–water partition coefficient (Wildman–Crippen LogP) is 4.51. The molecule has 2 aromatic carbocycles. The van der Waals surface area contributed by atoms with E-state index in [2.05, 4.69) is 17.1 Å². The van der Waals surface area contributed by atoms with Gasteiger partial charge in [-0.2, -0.15) is 0 Å². The van der Waals surface area contributed by atoms with E-state index in [-0.39, 0.29) is 11.9 Å². The predicted molar refractivity (Wildman–Crippen MR) is 122 cm³/mol. The molecule has 1 aliphatic heterocycles. The van der Waals surface area contributed by atoms with E-state index < -0.39 is 0 Å². The summed E-state index contributed by atoms with van der Waals surface area (Å²) in [4.78, 5) is 29.1. The number of H-pyrrole nitrogens is 1. The van der Waals surface area contributed by atoms with Crippen molar-refractivity contribution in [1.29, 1.82) is 0 Å². The van der Waals surface area contributed by atoms with Crippen molar-refractivity contribution in [2.24, 2.45) is 0 Å². The molecule has 0 unspecified atom stereocenters. The maximum atomic E-state index is 13.0. The van der Waals surface area contributed by atoms with Gasteiger partial charge in [0.15, 0.2) is 0 Å². The van der Waals surface area contributed by atoms with E-state index in [9.17, 15) is 9.59 Å². The van der Waals surface area contributed by atoms with Crippen LogP contribution >= 0.6 is 0 Å². The lowest BCUT2D eigenvalue weighted by atomic mass is 9.95. The van der Waals surface area contributed by atoms with Gasteiger partial charge in [-0.15, -0.1) is 0 Å². The van der Waals surface area contributed by atoms with Crippen LogP contribution in [0, 0.1) is 0 Å².